The highest BCUT2D eigenvalue weighted by molar-refractivity contribution is 7.09. The van der Waals surface area contributed by atoms with Gasteiger partial charge in [0, 0.05) is 30.1 Å². The molecule has 3 rings (SSSR count). The van der Waals surface area contributed by atoms with Crippen LogP contribution in [0.2, 0.25) is 0 Å². The number of aromatic nitrogens is 1. The molecule has 9 heteroatoms. The predicted molar refractivity (Wildman–Crippen MR) is 160 cm³/mol. The first-order valence-electron chi connectivity index (χ1n) is 14.0. The number of carbonyl (C=O) groups excluding carboxylic acids is 1. The molecule has 2 aromatic carbocycles. The molecule has 0 aliphatic rings. The summed E-state index contributed by atoms with van der Waals surface area (Å²) in [5.74, 6) is 0.983. The summed E-state index contributed by atoms with van der Waals surface area (Å²) >= 11 is 1.46. The average Bonchev–Trinajstić information content (AvgIpc) is 3.43. The number of thiazole rings is 1. The van der Waals surface area contributed by atoms with E-state index in [0.717, 1.165) is 49.5 Å². The highest BCUT2D eigenvalue weighted by atomic mass is 32.1. The fraction of sp³-hybridized carbons (Fsp3) is 0.484. The third-order valence-electron chi connectivity index (χ3n) is 7.04. The van der Waals surface area contributed by atoms with Crippen LogP contribution in [0.25, 0.3) is 0 Å². The smallest absolute Gasteiger partial charge is 0.270 e. The number of nitrogens with one attached hydrogen (secondary N) is 1. The number of benzene rings is 2. The van der Waals surface area contributed by atoms with Crippen LogP contribution in [0.3, 0.4) is 0 Å². The maximum Gasteiger partial charge on any atom is 0.270 e. The van der Waals surface area contributed by atoms with Crippen LogP contribution in [-0.4, -0.2) is 67.1 Å². The maximum absolute atomic E-state index is 14.5. The Hall–Kier alpha value is -3.01. The largest absolute Gasteiger partial charge is 0.493 e. The summed E-state index contributed by atoms with van der Waals surface area (Å²) in [4.78, 5) is 22.0. The van der Waals surface area contributed by atoms with Crippen molar-refractivity contribution in [2.24, 2.45) is 0 Å². The Morgan fingerprint density at radius 3 is 2.48 bits per heavy atom. The Morgan fingerprint density at radius 1 is 1.02 bits per heavy atom. The lowest BCUT2D eigenvalue weighted by atomic mass is 10.1. The molecule has 40 heavy (non-hydrogen) atoms. The van der Waals surface area contributed by atoms with E-state index in [0.29, 0.717) is 42.4 Å². The van der Waals surface area contributed by atoms with E-state index in [1.165, 1.54) is 17.4 Å². The summed E-state index contributed by atoms with van der Waals surface area (Å²) in [6.45, 7) is 11.1. The van der Waals surface area contributed by atoms with Crippen LogP contribution in [-0.2, 0) is 19.5 Å². The van der Waals surface area contributed by atoms with Crippen LogP contribution in [0.15, 0.2) is 47.8 Å². The van der Waals surface area contributed by atoms with Crippen molar-refractivity contribution < 1.29 is 18.7 Å². The van der Waals surface area contributed by atoms with Crippen molar-refractivity contribution in [3.63, 3.8) is 0 Å². The number of hydrogen-bond donors (Lipinski definition) is 1. The molecule has 0 spiro atoms. The molecule has 0 bridgehead atoms. The van der Waals surface area contributed by atoms with Gasteiger partial charge in [0.1, 0.15) is 16.5 Å². The zero-order chi connectivity index (χ0) is 28.9. The minimum Gasteiger partial charge on any atom is -0.493 e. The van der Waals surface area contributed by atoms with Crippen LogP contribution in [0, 0.1) is 5.82 Å². The van der Waals surface area contributed by atoms with Gasteiger partial charge in [-0.25, -0.2) is 9.37 Å². The summed E-state index contributed by atoms with van der Waals surface area (Å²) in [5, 5.41) is 5.72. The van der Waals surface area contributed by atoms with Crippen molar-refractivity contribution in [1.29, 1.82) is 0 Å². The van der Waals surface area contributed by atoms with Gasteiger partial charge < -0.3 is 19.7 Å². The summed E-state index contributed by atoms with van der Waals surface area (Å²) < 4.78 is 25.3. The Kier molecular flexibility index (Phi) is 12.8. The van der Waals surface area contributed by atoms with E-state index in [1.54, 1.807) is 26.4 Å². The van der Waals surface area contributed by atoms with Crippen LogP contribution < -0.4 is 14.8 Å². The first kappa shape index (κ1) is 31.5. The summed E-state index contributed by atoms with van der Waals surface area (Å²) in [6, 6.07) is 12.8. The number of rotatable bonds is 17. The second-order valence-corrected chi connectivity index (χ2v) is 10.9. The molecule has 0 fully saturated rings. The number of amides is 1. The highest BCUT2D eigenvalue weighted by Crippen LogP contribution is 2.28. The van der Waals surface area contributed by atoms with E-state index < -0.39 is 0 Å². The van der Waals surface area contributed by atoms with Crippen LogP contribution in [0.5, 0.6) is 11.5 Å². The average molecular weight is 571 g/mol. The van der Waals surface area contributed by atoms with Crippen molar-refractivity contribution in [2.45, 2.75) is 59.2 Å². The molecule has 3 aromatic rings. The fourth-order valence-corrected chi connectivity index (χ4v) is 5.43. The minimum atomic E-state index is -0.229. The molecule has 0 saturated carbocycles. The monoisotopic (exact) mass is 570 g/mol. The molecule has 218 valence electrons. The molecule has 0 saturated heterocycles. The Balaban J connectivity index is 1.63. The summed E-state index contributed by atoms with van der Waals surface area (Å²) in [6.07, 6.45) is 2.70. The molecule has 0 aliphatic heterocycles. The molecule has 1 amide bonds. The molecule has 0 radical (unpaired) electrons. The molecule has 1 aromatic heterocycles. The lowest BCUT2D eigenvalue weighted by Crippen LogP contribution is -2.34. The van der Waals surface area contributed by atoms with Gasteiger partial charge in [0.25, 0.3) is 5.91 Å². The zero-order valence-corrected chi connectivity index (χ0v) is 25.2. The lowest BCUT2D eigenvalue weighted by Gasteiger charge is -2.22. The quantitative estimate of drug-likeness (QED) is 0.222. The van der Waals surface area contributed by atoms with E-state index >= 15 is 0 Å². The Bertz CT molecular complexity index is 1200. The van der Waals surface area contributed by atoms with Crippen LogP contribution >= 0.6 is 11.3 Å². The first-order valence-corrected chi connectivity index (χ1v) is 14.9. The molecular weight excluding hydrogens is 527 g/mol. The van der Waals surface area contributed by atoms with Crippen LogP contribution in [0.4, 0.5) is 4.39 Å². The van der Waals surface area contributed by atoms with E-state index in [2.05, 4.69) is 33.9 Å². The summed E-state index contributed by atoms with van der Waals surface area (Å²) in [7, 11) is 3.24. The molecule has 7 nitrogen and oxygen atoms in total. The third-order valence-corrected chi connectivity index (χ3v) is 7.88. The number of methoxy groups -OCH3 is 2. The van der Waals surface area contributed by atoms with Gasteiger partial charge >= 0.3 is 0 Å². The van der Waals surface area contributed by atoms with Gasteiger partial charge in [-0.2, -0.15) is 0 Å². The Morgan fingerprint density at radius 2 is 1.77 bits per heavy atom. The normalized spacial score (nSPS) is 12.1. The maximum atomic E-state index is 14.5. The third kappa shape index (κ3) is 9.57. The van der Waals surface area contributed by atoms with E-state index in [-0.39, 0.29) is 17.8 Å². The van der Waals surface area contributed by atoms with Gasteiger partial charge in [0.05, 0.1) is 20.8 Å². The van der Waals surface area contributed by atoms with Gasteiger partial charge in [-0.15, -0.1) is 11.3 Å². The van der Waals surface area contributed by atoms with Gasteiger partial charge in [-0.3, -0.25) is 9.69 Å². The first-order chi connectivity index (χ1) is 19.4. The van der Waals surface area contributed by atoms with Gasteiger partial charge in [0.15, 0.2) is 11.5 Å². The molecule has 1 atom stereocenters. The summed E-state index contributed by atoms with van der Waals surface area (Å²) in [5.41, 5.74) is 2.15. The molecule has 1 unspecified atom stereocenters. The van der Waals surface area contributed by atoms with Crippen molar-refractivity contribution in [1.82, 2.24) is 20.1 Å². The van der Waals surface area contributed by atoms with E-state index in [9.17, 15) is 9.18 Å². The van der Waals surface area contributed by atoms with Crippen molar-refractivity contribution >= 4 is 17.2 Å². The number of halogens is 1. The number of nitrogens with zero attached hydrogens (tertiary/aromatic N) is 3. The second-order valence-electron chi connectivity index (χ2n) is 9.91. The highest BCUT2D eigenvalue weighted by Gasteiger charge is 2.17. The lowest BCUT2D eigenvalue weighted by molar-refractivity contribution is 0.0932. The fourth-order valence-electron chi connectivity index (χ4n) is 4.61. The topological polar surface area (TPSA) is 66.9 Å². The van der Waals surface area contributed by atoms with Crippen molar-refractivity contribution in [2.75, 3.05) is 40.4 Å². The van der Waals surface area contributed by atoms with Crippen molar-refractivity contribution in [3.8, 4) is 11.5 Å². The second kappa shape index (κ2) is 16.3. The zero-order valence-electron chi connectivity index (χ0n) is 24.4. The molecule has 1 N–H and O–H groups in total. The molecular formula is C31H43FN4O3S. The van der Waals surface area contributed by atoms with Crippen LogP contribution in [0.1, 0.15) is 60.2 Å². The SMILES string of the molecule is CCN(CC)CCCC(C)NC(=O)c1csc(CN(CCc2ccc(OC)c(OC)c2)Cc2ccccc2F)n1. The van der Waals surface area contributed by atoms with Gasteiger partial charge in [-0.05, 0) is 69.6 Å². The molecule has 1 heterocycles. The number of carbonyl (C=O) groups is 1. The van der Waals surface area contributed by atoms with Gasteiger partial charge in [-0.1, -0.05) is 38.1 Å². The van der Waals surface area contributed by atoms with Gasteiger partial charge in [0.2, 0.25) is 0 Å². The Labute approximate surface area is 242 Å². The number of ether oxygens (including phenoxy) is 2. The minimum absolute atomic E-state index is 0.0762. The van der Waals surface area contributed by atoms with E-state index in [4.69, 9.17) is 9.47 Å². The van der Waals surface area contributed by atoms with E-state index in [1.807, 2.05) is 36.6 Å². The standard InChI is InChI=1S/C31H43FN4O3S/c1-6-35(7-2)17-10-11-23(3)33-31(37)27-22-40-30(34-27)21-36(20-25-12-8-9-13-26(25)32)18-16-24-14-15-28(38-4)29(19-24)39-5/h8-9,12-15,19,22-23H,6-7,10-11,16-18,20-21H2,1-5H3,(H,33,37). The molecule has 0 aliphatic carbocycles. The number of hydrogen-bond acceptors (Lipinski definition) is 7. The predicted octanol–water partition coefficient (Wildman–Crippen LogP) is 5.78. The van der Waals surface area contributed by atoms with Crippen molar-refractivity contribution in [3.05, 3.63) is 75.5 Å².